The fourth-order valence-electron chi connectivity index (χ4n) is 7.29. The van der Waals surface area contributed by atoms with Crippen LogP contribution < -0.4 is 36.7 Å². The van der Waals surface area contributed by atoms with Crippen molar-refractivity contribution in [1.29, 1.82) is 0 Å². The van der Waals surface area contributed by atoms with Gasteiger partial charge in [0.05, 0.1) is 116 Å². The number of methoxy groups -OCH3 is 2. The molecule has 6 rings (SSSR count). The van der Waals surface area contributed by atoms with Crippen LogP contribution in [0.4, 0.5) is 5.69 Å². The Morgan fingerprint density at radius 3 is 2.02 bits per heavy atom. The van der Waals surface area contributed by atoms with E-state index in [9.17, 15) is 14.4 Å². The Bertz CT molecular complexity index is 2440. The lowest BCUT2D eigenvalue weighted by Crippen LogP contribution is -2.37. The molecular formula is C49H59N5O11. The normalized spacial score (nSPS) is 13.4. The van der Waals surface area contributed by atoms with E-state index >= 15 is 0 Å². The van der Waals surface area contributed by atoms with E-state index in [4.69, 9.17) is 49.2 Å². The number of ether oxygens (including phenoxy) is 7. The fraction of sp³-hybridized carbons (Fsp3) is 0.367. The summed E-state index contributed by atoms with van der Waals surface area (Å²) in [5, 5.41) is 4.83. The molecule has 0 radical (unpaired) electrons. The van der Waals surface area contributed by atoms with Crippen molar-refractivity contribution >= 4 is 39.9 Å². The second kappa shape index (κ2) is 24.7. The highest BCUT2D eigenvalue weighted by Gasteiger charge is 2.27. The number of hydrazine groups is 1. The first-order valence-electron chi connectivity index (χ1n) is 21.7. The Morgan fingerprint density at radius 2 is 1.37 bits per heavy atom. The zero-order chi connectivity index (χ0) is 46.0. The smallest absolute Gasteiger partial charge is 0.251 e. The van der Waals surface area contributed by atoms with Crippen LogP contribution in [0.1, 0.15) is 46.8 Å². The number of hydrogen-bond acceptors (Lipinski definition) is 14. The Kier molecular flexibility index (Phi) is 18.3. The largest absolute Gasteiger partial charge is 0.493 e. The minimum atomic E-state index is -0.256. The van der Waals surface area contributed by atoms with Gasteiger partial charge in [0, 0.05) is 41.3 Å². The van der Waals surface area contributed by atoms with E-state index in [1.807, 2.05) is 60.4 Å². The lowest BCUT2D eigenvalue weighted by Gasteiger charge is -2.33. The second-order valence-electron chi connectivity index (χ2n) is 14.9. The molecule has 1 aliphatic heterocycles. The quantitative estimate of drug-likeness (QED) is 0.0372. The van der Waals surface area contributed by atoms with Gasteiger partial charge in [-0.25, -0.2) is 5.84 Å². The van der Waals surface area contributed by atoms with Gasteiger partial charge in [0.15, 0.2) is 16.8 Å². The van der Waals surface area contributed by atoms with Crippen molar-refractivity contribution in [3.63, 3.8) is 0 Å². The molecule has 0 fully saturated rings. The summed E-state index contributed by atoms with van der Waals surface area (Å²) in [5.41, 5.74) is 12.5. The summed E-state index contributed by atoms with van der Waals surface area (Å²) >= 11 is 0. The van der Waals surface area contributed by atoms with Crippen LogP contribution in [-0.2, 0) is 35.0 Å². The van der Waals surface area contributed by atoms with Crippen molar-refractivity contribution in [3.05, 3.63) is 123 Å². The SMILES string of the molecule is CCCC(=O)N1Cc2ccccc2/C(N(N)CCOCCOCCOCCOCCOCCNC(=O)c2ccc(-c3cc(=O)c4ccc(OC)c(OC)c4o3)cc2)=C(/N)c2ccccc21. The van der Waals surface area contributed by atoms with Crippen LogP contribution in [0.2, 0.25) is 0 Å². The van der Waals surface area contributed by atoms with Crippen molar-refractivity contribution in [2.45, 2.75) is 26.3 Å². The van der Waals surface area contributed by atoms with E-state index in [2.05, 4.69) is 5.32 Å². The predicted octanol–water partition coefficient (Wildman–Crippen LogP) is 5.60. The number of amides is 2. The summed E-state index contributed by atoms with van der Waals surface area (Å²) in [5.74, 6) is 7.56. The van der Waals surface area contributed by atoms with Gasteiger partial charge in [-0.05, 0) is 42.3 Å². The summed E-state index contributed by atoms with van der Waals surface area (Å²) in [6.45, 7) is 6.99. The third kappa shape index (κ3) is 12.7. The summed E-state index contributed by atoms with van der Waals surface area (Å²) in [7, 11) is 2.99. The summed E-state index contributed by atoms with van der Waals surface area (Å²) < 4.78 is 45.0. The highest BCUT2D eigenvalue weighted by atomic mass is 16.6. The zero-order valence-corrected chi connectivity index (χ0v) is 37.3. The van der Waals surface area contributed by atoms with Crippen molar-refractivity contribution < 1.29 is 47.2 Å². The lowest BCUT2D eigenvalue weighted by atomic mass is 9.95. The maximum Gasteiger partial charge on any atom is 0.251 e. The number of rotatable bonds is 25. The molecule has 0 saturated heterocycles. The molecule has 0 saturated carbocycles. The molecule has 346 valence electrons. The highest BCUT2D eigenvalue weighted by molar-refractivity contribution is 6.01. The number of benzene rings is 4. The van der Waals surface area contributed by atoms with Crippen molar-refractivity contribution in [2.75, 3.05) is 98.3 Å². The molecule has 0 bridgehead atoms. The van der Waals surface area contributed by atoms with E-state index in [1.165, 1.54) is 20.3 Å². The second-order valence-corrected chi connectivity index (χ2v) is 14.9. The molecule has 16 heteroatoms. The Balaban J connectivity index is 0.795. The number of carbonyl (C=O) groups is 2. The van der Waals surface area contributed by atoms with Crippen LogP contribution >= 0.6 is 0 Å². The Hall–Kier alpha value is -6.27. The van der Waals surface area contributed by atoms with Gasteiger partial charge in [-0.3, -0.25) is 14.4 Å². The van der Waals surface area contributed by atoms with Gasteiger partial charge in [-0.1, -0.05) is 61.5 Å². The monoisotopic (exact) mass is 893 g/mol. The third-order valence-corrected chi connectivity index (χ3v) is 10.6. The summed E-state index contributed by atoms with van der Waals surface area (Å²) in [4.78, 5) is 40.5. The van der Waals surface area contributed by atoms with E-state index in [0.29, 0.717) is 137 Å². The molecule has 0 unspecified atom stereocenters. The van der Waals surface area contributed by atoms with Crippen LogP contribution in [0.25, 0.3) is 33.7 Å². The highest BCUT2D eigenvalue weighted by Crippen LogP contribution is 2.38. The van der Waals surface area contributed by atoms with Gasteiger partial charge in [0.2, 0.25) is 11.7 Å². The van der Waals surface area contributed by atoms with Crippen molar-refractivity contribution in [1.82, 2.24) is 10.3 Å². The van der Waals surface area contributed by atoms with Gasteiger partial charge in [-0.15, -0.1) is 0 Å². The first-order valence-corrected chi connectivity index (χ1v) is 21.7. The van der Waals surface area contributed by atoms with Crippen LogP contribution in [0, 0.1) is 0 Å². The van der Waals surface area contributed by atoms with Crippen molar-refractivity contribution in [3.8, 4) is 22.8 Å². The Labute approximate surface area is 378 Å². The van der Waals surface area contributed by atoms with Crippen LogP contribution in [0.15, 0.2) is 100 Å². The van der Waals surface area contributed by atoms with E-state index in [0.717, 1.165) is 28.8 Å². The topological polar surface area (TPSA) is 200 Å². The van der Waals surface area contributed by atoms with Gasteiger partial charge in [0.25, 0.3) is 5.91 Å². The number of nitrogens with one attached hydrogen (secondary N) is 1. The number of nitrogens with zero attached hydrogens (tertiary/aromatic N) is 2. The van der Waals surface area contributed by atoms with Crippen molar-refractivity contribution in [2.24, 2.45) is 11.6 Å². The Morgan fingerprint density at radius 1 is 0.754 bits per heavy atom. The van der Waals surface area contributed by atoms with E-state index < -0.39 is 0 Å². The standard InChI is InChI=1S/C49H59N5O11/c1-4-9-44(56)53-33-36-10-5-6-11-37(36)46(45(50)38-12-7-8-13-40(38)53)54(51)21-23-61-25-27-63-29-31-64-30-28-62-26-24-60-22-20-52-49(57)35-16-14-34(15-17-35)43-32-41(55)39-18-19-42(58-2)48(59-3)47(39)65-43/h5-8,10-19,32H,4,9,20-31,33,50-51H2,1-3H3,(H,52,57)/b46-45-. The van der Waals surface area contributed by atoms with Gasteiger partial charge in [-0.2, -0.15) is 0 Å². The van der Waals surface area contributed by atoms with Gasteiger partial charge in [0.1, 0.15) is 5.76 Å². The molecule has 4 aromatic carbocycles. The number of hydrogen-bond donors (Lipinski definition) is 3. The van der Waals surface area contributed by atoms with Crippen LogP contribution in [0.3, 0.4) is 0 Å². The molecule has 1 aliphatic rings. The molecule has 2 amide bonds. The number of anilines is 1. The number of nitrogens with two attached hydrogens (primary N) is 2. The number of fused-ring (bicyclic) bond motifs is 3. The third-order valence-electron chi connectivity index (χ3n) is 10.6. The average Bonchev–Trinajstić information content (AvgIpc) is 3.32. The molecule has 0 atom stereocenters. The molecule has 5 N–H and O–H groups in total. The van der Waals surface area contributed by atoms with Gasteiger partial charge < -0.3 is 58.5 Å². The fourth-order valence-corrected chi connectivity index (χ4v) is 7.29. The minimum Gasteiger partial charge on any atom is -0.493 e. The maximum atomic E-state index is 13.2. The van der Waals surface area contributed by atoms with Gasteiger partial charge >= 0.3 is 0 Å². The molecule has 16 nitrogen and oxygen atoms in total. The molecule has 0 aliphatic carbocycles. The number of carbonyl (C=O) groups excluding carboxylic acids is 2. The average molecular weight is 894 g/mol. The predicted molar refractivity (Wildman–Crippen MR) is 248 cm³/mol. The number of para-hydroxylation sites is 1. The molecule has 1 aromatic heterocycles. The first-order chi connectivity index (χ1) is 31.7. The van der Waals surface area contributed by atoms with Crippen LogP contribution in [-0.4, -0.2) is 110 Å². The van der Waals surface area contributed by atoms with E-state index in [-0.39, 0.29) is 22.8 Å². The summed E-state index contributed by atoms with van der Waals surface area (Å²) in [6, 6.07) is 27.0. The molecule has 65 heavy (non-hydrogen) atoms. The lowest BCUT2D eigenvalue weighted by molar-refractivity contribution is -0.118. The first kappa shape index (κ1) is 48.2. The zero-order valence-electron chi connectivity index (χ0n) is 37.3. The molecule has 5 aromatic rings. The van der Waals surface area contributed by atoms with E-state index in [1.54, 1.807) is 41.4 Å². The summed E-state index contributed by atoms with van der Waals surface area (Å²) in [6.07, 6.45) is 1.20. The molecule has 0 spiro atoms. The molecule has 2 heterocycles. The minimum absolute atomic E-state index is 0.0495. The molecular weight excluding hydrogens is 835 g/mol. The maximum absolute atomic E-state index is 13.2. The van der Waals surface area contributed by atoms with Crippen LogP contribution in [0.5, 0.6) is 11.5 Å².